The highest BCUT2D eigenvalue weighted by molar-refractivity contribution is 5.79. The Morgan fingerprint density at radius 3 is 1.82 bits per heavy atom. The summed E-state index contributed by atoms with van der Waals surface area (Å²) in [7, 11) is 0. The Labute approximate surface area is 234 Å². The summed E-state index contributed by atoms with van der Waals surface area (Å²) in [6, 6.07) is 29.2. The average molecular weight is 540 g/mol. The number of aromatic nitrogens is 2. The van der Waals surface area contributed by atoms with Crippen LogP contribution in [0.5, 0.6) is 6.01 Å². The molecule has 0 spiro atoms. The van der Waals surface area contributed by atoms with Gasteiger partial charge in [0, 0.05) is 24.5 Å². The van der Waals surface area contributed by atoms with Gasteiger partial charge in [-0.25, -0.2) is 14.8 Å². The fraction of sp³-hybridized carbons (Fsp3) is 0.250. The molecule has 8 nitrogen and oxygen atoms in total. The Hall–Kier alpha value is -4.56. The molecule has 0 bridgehead atoms. The van der Waals surface area contributed by atoms with Gasteiger partial charge in [0.15, 0.2) is 5.60 Å². The molecule has 0 fully saturated rings. The predicted octanol–water partition coefficient (Wildman–Crippen LogP) is 4.93. The second-order valence-corrected chi connectivity index (χ2v) is 9.42. The summed E-state index contributed by atoms with van der Waals surface area (Å²) in [5, 5.41) is 10.6. The van der Waals surface area contributed by atoms with E-state index in [9.17, 15) is 14.7 Å². The number of carbonyl (C=O) groups excluding carboxylic acids is 1. The van der Waals surface area contributed by atoms with Crippen molar-refractivity contribution >= 4 is 11.9 Å². The van der Waals surface area contributed by atoms with E-state index in [0.717, 1.165) is 5.56 Å². The van der Waals surface area contributed by atoms with Crippen LogP contribution in [0.15, 0.2) is 97.1 Å². The molecule has 1 atom stereocenters. The van der Waals surface area contributed by atoms with E-state index in [1.807, 2.05) is 49.4 Å². The van der Waals surface area contributed by atoms with E-state index in [1.165, 1.54) is 0 Å². The van der Waals surface area contributed by atoms with Gasteiger partial charge < -0.3 is 19.5 Å². The molecule has 1 N–H and O–H groups in total. The van der Waals surface area contributed by atoms with E-state index in [0.29, 0.717) is 35.6 Å². The number of amides is 1. The highest BCUT2D eigenvalue weighted by atomic mass is 16.6. The Kier molecular flexibility index (Phi) is 9.24. The molecule has 206 valence electrons. The number of nitrogens with zero attached hydrogens (tertiary/aromatic N) is 3. The number of carbonyl (C=O) groups is 2. The van der Waals surface area contributed by atoms with Crippen molar-refractivity contribution in [2.45, 2.75) is 39.0 Å². The first kappa shape index (κ1) is 28.4. The van der Waals surface area contributed by atoms with Gasteiger partial charge in [-0.15, -0.1) is 0 Å². The topological polar surface area (TPSA) is 102 Å². The fourth-order valence-electron chi connectivity index (χ4n) is 4.69. The number of carboxylic acids is 1. The molecular formula is C32H33N3O5. The molecule has 0 radical (unpaired) electrons. The molecule has 1 heterocycles. The van der Waals surface area contributed by atoms with Gasteiger partial charge in [0.05, 0.1) is 0 Å². The van der Waals surface area contributed by atoms with E-state index in [1.54, 1.807) is 73.3 Å². The lowest BCUT2D eigenvalue weighted by Crippen LogP contribution is -2.52. The minimum atomic E-state index is -1.71. The van der Waals surface area contributed by atoms with Gasteiger partial charge in [0.1, 0.15) is 6.61 Å². The maximum Gasteiger partial charge on any atom is 0.348 e. The van der Waals surface area contributed by atoms with E-state index >= 15 is 0 Å². The molecule has 1 amide bonds. The van der Waals surface area contributed by atoms with E-state index in [4.69, 9.17) is 9.47 Å². The first-order valence-corrected chi connectivity index (χ1v) is 13.1. The lowest BCUT2D eigenvalue weighted by atomic mass is 9.81. The molecule has 1 aromatic heterocycles. The van der Waals surface area contributed by atoms with Gasteiger partial charge in [-0.3, -0.25) is 4.79 Å². The summed E-state index contributed by atoms with van der Waals surface area (Å²) in [5.41, 5.74) is 1.55. The standard InChI is InChI=1S/C32H33N3O5/c1-4-35(21-25-14-8-5-9-15-25)28(36)22-39-32(26-16-10-6-11-17-26,27-18-12-7-13-19-27)29(30(37)38)40-31-33-23(2)20-24(3)34-31/h5-20,29H,4,21-22H2,1-3H3,(H,37,38). The molecule has 8 heteroatoms. The van der Waals surface area contributed by atoms with Crippen molar-refractivity contribution < 1.29 is 24.2 Å². The van der Waals surface area contributed by atoms with Crippen LogP contribution in [0.1, 0.15) is 35.0 Å². The minimum absolute atomic E-state index is 0.0877. The Morgan fingerprint density at radius 1 is 0.850 bits per heavy atom. The largest absolute Gasteiger partial charge is 0.478 e. The summed E-state index contributed by atoms with van der Waals surface area (Å²) in [5.74, 6) is -1.58. The molecule has 1 unspecified atom stereocenters. The number of ether oxygens (including phenoxy) is 2. The van der Waals surface area contributed by atoms with Crippen molar-refractivity contribution in [3.63, 3.8) is 0 Å². The average Bonchev–Trinajstić information content (AvgIpc) is 2.96. The zero-order valence-corrected chi connectivity index (χ0v) is 22.9. The molecular weight excluding hydrogens is 506 g/mol. The van der Waals surface area contributed by atoms with Gasteiger partial charge in [-0.05, 0) is 43.5 Å². The molecule has 0 saturated carbocycles. The van der Waals surface area contributed by atoms with Crippen LogP contribution >= 0.6 is 0 Å². The lowest BCUT2D eigenvalue weighted by molar-refractivity contribution is -0.169. The van der Waals surface area contributed by atoms with Crippen molar-refractivity contribution in [3.05, 3.63) is 125 Å². The van der Waals surface area contributed by atoms with Gasteiger partial charge >= 0.3 is 12.0 Å². The number of hydrogen-bond acceptors (Lipinski definition) is 6. The van der Waals surface area contributed by atoms with E-state index in [-0.39, 0.29) is 18.5 Å². The molecule has 0 aliphatic carbocycles. The van der Waals surface area contributed by atoms with E-state index in [2.05, 4.69) is 9.97 Å². The number of likely N-dealkylation sites (N-methyl/N-ethyl adjacent to an activating group) is 1. The van der Waals surface area contributed by atoms with Crippen LogP contribution in [0.4, 0.5) is 0 Å². The zero-order valence-electron chi connectivity index (χ0n) is 22.9. The Balaban J connectivity index is 1.79. The third kappa shape index (κ3) is 6.52. The van der Waals surface area contributed by atoms with Crippen LogP contribution < -0.4 is 4.74 Å². The predicted molar refractivity (Wildman–Crippen MR) is 151 cm³/mol. The van der Waals surface area contributed by atoms with Crippen LogP contribution in [-0.4, -0.2) is 51.1 Å². The van der Waals surface area contributed by atoms with Crippen molar-refractivity contribution in [3.8, 4) is 6.01 Å². The van der Waals surface area contributed by atoms with Crippen LogP contribution in [0, 0.1) is 13.8 Å². The summed E-state index contributed by atoms with van der Waals surface area (Å²) in [4.78, 5) is 36.8. The summed E-state index contributed by atoms with van der Waals surface area (Å²) in [6.07, 6.45) is -1.63. The number of hydrogen-bond donors (Lipinski definition) is 1. The van der Waals surface area contributed by atoms with Crippen LogP contribution in [0.3, 0.4) is 0 Å². The number of benzene rings is 3. The number of rotatable bonds is 12. The molecule has 4 aromatic rings. The molecule has 4 rings (SSSR count). The van der Waals surface area contributed by atoms with Crippen molar-refractivity contribution in [1.29, 1.82) is 0 Å². The Morgan fingerprint density at radius 2 is 1.35 bits per heavy atom. The highest BCUT2D eigenvalue weighted by Gasteiger charge is 2.50. The molecule has 0 aliphatic heterocycles. The second kappa shape index (κ2) is 13.0. The van der Waals surface area contributed by atoms with Crippen molar-refractivity contribution in [2.75, 3.05) is 13.2 Å². The monoisotopic (exact) mass is 539 g/mol. The first-order valence-electron chi connectivity index (χ1n) is 13.1. The zero-order chi connectivity index (χ0) is 28.5. The maximum absolute atomic E-state index is 13.5. The molecule has 40 heavy (non-hydrogen) atoms. The number of aliphatic carboxylic acids is 1. The van der Waals surface area contributed by atoms with Crippen LogP contribution in [0.25, 0.3) is 0 Å². The van der Waals surface area contributed by atoms with E-state index < -0.39 is 17.7 Å². The summed E-state index contributed by atoms with van der Waals surface area (Å²) >= 11 is 0. The smallest absolute Gasteiger partial charge is 0.348 e. The molecule has 3 aromatic carbocycles. The second-order valence-electron chi connectivity index (χ2n) is 9.42. The van der Waals surface area contributed by atoms with Crippen molar-refractivity contribution in [2.24, 2.45) is 0 Å². The van der Waals surface area contributed by atoms with Crippen molar-refractivity contribution in [1.82, 2.24) is 14.9 Å². The van der Waals surface area contributed by atoms with Crippen LogP contribution in [0.2, 0.25) is 0 Å². The third-order valence-electron chi connectivity index (χ3n) is 6.56. The quantitative estimate of drug-likeness (QED) is 0.272. The minimum Gasteiger partial charge on any atom is -0.478 e. The molecule has 0 saturated heterocycles. The molecule has 0 aliphatic rings. The number of aryl methyl sites for hydroxylation is 2. The van der Waals surface area contributed by atoms with Gasteiger partial charge in [-0.2, -0.15) is 0 Å². The highest BCUT2D eigenvalue weighted by Crippen LogP contribution is 2.39. The fourth-order valence-corrected chi connectivity index (χ4v) is 4.69. The SMILES string of the molecule is CCN(Cc1ccccc1)C(=O)COC(c1ccccc1)(c1ccccc1)C(Oc1nc(C)cc(C)n1)C(=O)O. The third-order valence-corrected chi connectivity index (χ3v) is 6.56. The van der Waals surface area contributed by atoms with Gasteiger partial charge in [-0.1, -0.05) is 91.0 Å². The Bertz CT molecular complexity index is 1350. The van der Waals surface area contributed by atoms with Gasteiger partial charge in [0.25, 0.3) is 0 Å². The summed E-state index contributed by atoms with van der Waals surface area (Å²) < 4.78 is 12.5. The first-order chi connectivity index (χ1) is 19.3. The summed E-state index contributed by atoms with van der Waals surface area (Å²) in [6.45, 7) is 5.92. The maximum atomic E-state index is 13.5. The number of carboxylic acid groups (broad SMARTS) is 1. The van der Waals surface area contributed by atoms with Gasteiger partial charge in [0.2, 0.25) is 12.0 Å². The lowest BCUT2D eigenvalue weighted by Gasteiger charge is -2.39. The normalized spacial score (nSPS) is 12.0. The van der Waals surface area contributed by atoms with Crippen LogP contribution in [-0.2, 0) is 26.5 Å².